The highest BCUT2D eigenvalue weighted by Crippen LogP contribution is 2.35. The van der Waals surface area contributed by atoms with E-state index in [9.17, 15) is 4.79 Å². The average molecular weight is 359 g/mol. The summed E-state index contributed by atoms with van der Waals surface area (Å²) in [6, 6.07) is 5.71. The molecule has 0 unspecified atom stereocenters. The second-order valence-corrected chi connectivity index (χ2v) is 6.65. The number of carbonyl (C=O) groups is 1. The van der Waals surface area contributed by atoms with E-state index in [-0.39, 0.29) is 5.91 Å². The maximum absolute atomic E-state index is 12.2. The van der Waals surface area contributed by atoms with Crippen molar-refractivity contribution in [2.75, 3.05) is 18.5 Å². The van der Waals surface area contributed by atoms with Gasteiger partial charge in [-0.1, -0.05) is 0 Å². The van der Waals surface area contributed by atoms with Crippen molar-refractivity contribution in [3.8, 4) is 22.8 Å². The van der Waals surface area contributed by atoms with Crippen LogP contribution in [0.15, 0.2) is 29.0 Å². The van der Waals surface area contributed by atoms with Gasteiger partial charge in [-0.2, -0.15) is 4.37 Å². The Hall–Kier alpha value is -2.45. The van der Waals surface area contributed by atoms with Crippen LogP contribution in [0, 0.1) is 6.92 Å². The van der Waals surface area contributed by atoms with Crippen molar-refractivity contribution >= 4 is 33.9 Å². The van der Waals surface area contributed by atoms with E-state index in [1.807, 2.05) is 30.5 Å². The molecule has 1 N–H and O–H groups in total. The van der Waals surface area contributed by atoms with Gasteiger partial charge in [0.25, 0.3) is 5.91 Å². The lowest BCUT2D eigenvalue weighted by molar-refractivity contribution is 0.102. The normalized spacial score (nSPS) is 12.9. The lowest BCUT2D eigenvalue weighted by atomic mass is 10.1. The van der Waals surface area contributed by atoms with Gasteiger partial charge in [0, 0.05) is 16.3 Å². The number of thiazole rings is 1. The van der Waals surface area contributed by atoms with Gasteiger partial charge in [0.05, 0.1) is 17.0 Å². The third-order valence-electron chi connectivity index (χ3n) is 3.56. The molecule has 0 radical (unpaired) electrons. The molecule has 6 nitrogen and oxygen atoms in total. The highest BCUT2D eigenvalue weighted by atomic mass is 32.1. The van der Waals surface area contributed by atoms with Gasteiger partial charge >= 0.3 is 0 Å². The van der Waals surface area contributed by atoms with Crippen molar-refractivity contribution in [2.45, 2.75) is 6.92 Å². The van der Waals surface area contributed by atoms with E-state index in [0.29, 0.717) is 23.9 Å². The summed E-state index contributed by atoms with van der Waals surface area (Å²) in [5.74, 6) is 1.27. The zero-order valence-electron chi connectivity index (χ0n) is 12.7. The van der Waals surface area contributed by atoms with Crippen LogP contribution in [0.3, 0.4) is 0 Å². The average Bonchev–Trinajstić information content (AvgIpc) is 3.23. The molecule has 0 fully saturated rings. The number of aryl methyl sites for hydroxylation is 1. The summed E-state index contributed by atoms with van der Waals surface area (Å²) < 4.78 is 15.2. The monoisotopic (exact) mass is 359 g/mol. The van der Waals surface area contributed by atoms with Crippen molar-refractivity contribution in [1.29, 1.82) is 0 Å². The molecule has 3 aromatic rings. The topological polar surface area (TPSA) is 73.3 Å². The highest BCUT2D eigenvalue weighted by Gasteiger charge is 2.16. The van der Waals surface area contributed by atoms with E-state index in [1.54, 1.807) is 5.38 Å². The fourth-order valence-corrected chi connectivity index (χ4v) is 3.75. The molecule has 0 atom stereocenters. The quantitative estimate of drug-likeness (QED) is 0.773. The zero-order valence-corrected chi connectivity index (χ0v) is 14.4. The molecule has 8 heteroatoms. The zero-order chi connectivity index (χ0) is 16.5. The number of ether oxygens (including phenoxy) is 2. The number of nitrogens with one attached hydrogen (secondary N) is 1. The highest BCUT2D eigenvalue weighted by molar-refractivity contribution is 7.14. The van der Waals surface area contributed by atoms with E-state index in [1.165, 1.54) is 22.9 Å². The molecule has 1 aliphatic rings. The first-order valence-electron chi connectivity index (χ1n) is 7.28. The minimum absolute atomic E-state index is 0.190. The Bertz CT molecular complexity index is 904. The second kappa shape index (κ2) is 6.21. The van der Waals surface area contributed by atoms with Crippen molar-refractivity contribution in [3.05, 3.63) is 40.2 Å². The Labute approximate surface area is 146 Å². The molecule has 2 aromatic heterocycles. The predicted molar refractivity (Wildman–Crippen MR) is 93.3 cm³/mol. The number of hydrogen-bond acceptors (Lipinski definition) is 7. The van der Waals surface area contributed by atoms with Gasteiger partial charge in [-0.3, -0.25) is 10.1 Å². The number of aromatic nitrogens is 2. The van der Waals surface area contributed by atoms with Crippen LogP contribution in [0.25, 0.3) is 11.3 Å². The summed E-state index contributed by atoms with van der Waals surface area (Å²) >= 11 is 2.65. The number of rotatable bonds is 3. The number of fused-ring (bicyclic) bond motifs is 1. The van der Waals surface area contributed by atoms with Crippen LogP contribution in [0.4, 0.5) is 5.13 Å². The van der Waals surface area contributed by atoms with Crippen molar-refractivity contribution in [3.63, 3.8) is 0 Å². The summed E-state index contributed by atoms with van der Waals surface area (Å²) in [6.45, 7) is 2.92. The molecule has 0 aliphatic carbocycles. The Morgan fingerprint density at radius 2 is 2.04 bits per heavy atom. The summed E-state index contributed by atoms with van der Waals surface area (Å²) in [5, 5.41) is 7.01. The molecule has 3 heterocycles. The maximum Gasteiger partial charge on any atom is 0.260 e. The van der Waals surface area contributed by atoms with Crippen LogP contribution in [-0.2, 0) is 0 Å². The number of amides is 1. The number of anilines is 1. The first-order valence-corrected chi connectivity index (χ1v) is 9.00. The number of benzene rings is 1. The lowest BCUT2D eigenvalue weighted by Crippen LogP contribution is -2.15. The second-order valence-electron chi connectivity index (χ2n) is 5.16. The van der Waals surface area contributed by atoms with E-state index in [2.05, 4.69) is 14.7 Å². The van der Waals surface area contributed by atoms with Crippen LogP contribution < -0.4 is 14.8 Å². The fourth-order valence-electron chi connectivity index (χ4n) is 2.34. The SMILES string of the molecule is Cc1nscc1C(=O)Nc1nc(-c2ccc3c(c2)OCCO3)cs1. The third kappa shape index (κ3) is 2.85. The molecule has 4 rings (SSSR count). The van der Waals surface area contributed by atoms with Crippen LogP contribution >= 0.6 is 22.9 Å². The maximum atomic E-state index is 12.2. The summed E-state index contributed by atoms with van der Waals surface area (Å²) in [4.78, 5) is 16.7. The Morgan fingerprint density at radius 3 is 2.83 bits per heavy atom. The van der Waals surface area contributed by atoms with Gasteiger partial charge in [0.1, 0.15) is 13.2 Å². The molecule has 0 saturated heterocycles. The van der Waals surface area contributed by atoms with Gasteiger partial charge in [0.15, 0.2) is 16.6 Å². The Morgan fingerprint density at radius 1 is 1.21 bits per heavy atom. The number of hydrogen-bond donors (Lipinski definition) is 1. The molecule has 0 bridgehead atoms. The van der Waals surface area contributed by atoms with E-state index >= 15 is 0 Å². The summed E-state index contributed by atoms with van der Waals surface area (Å²) in [7, 11) is 0. The summed E-state index contributed by atoms with van der Waals surface area (Å²) in [5.41, 5.74) is 3.01. The van der Waals surface area contributed by atoms with Crippen LogP contribution in [0.5, 0.6) is 11.5 Å². The molecule has 122 valence electrons. The Balaban J connectivity index is 1.54. The minimum atomic E-state index is -0.190. The molecular formula is C16H13N3O3S2. The number of nitrogens with zero attached hydrogens (tertiary/aromatic N) is 2. The van der Waals surface area contributed by atoms with Gasteiger partial charge in [-0.15, -0.1) is 11.3 Å². The van der Waals surface area contributed by atoms with Crippen molar-refractivity contribution in [2.24, 2.45) is 0 Å². The lowest BCUT2D eigenvalue weighted by Gasteiger charge is -2.18. The van der Waals surface area contributed by atoms with Gasteiger partial charge in [-0.05, 0) is 36.7 Å². The largest absolute Gasteiger partial charge is 0.486 e. The van der Waals surface area contributed by atoms with Crippen molar-refractivity contribution < 1.29 is 14.3 Å². The minimum Gasteiger partial charge on any atom is -0.486 e. The molecule has 0 spiro atoms. The molecular weight excluding hydrogens is 346 g/mol. The molecule has 24 heavy (non-hydrogen) atoms. The van der Waals surface area contributed by atoms with Crippen LogP contribution in [0.1, 0.15) is 16.1 Å². The first-order chi connectivity index (χ1) is 11.7. The molecule has 1 aliphatic heterocycles. The number of carbonyl (C=O) groups excluding carboxylic acids is 1. The smallest absolute Gasteiger partial charge is 0.260 e. The fraction of sp³-hybridized carbons (Fsp3) is 0.188. The van der Waals surface area contributed by atoms with E-state index < -0.39 is 0 Å². The molecule has 0 saturated carbocycles. The van der Waals surface area contributed by atoms with E-state index in [4.69, 9.17) is 9.47 Å². The van der Waals surface area contributed by atoms with E-state index in [0.717, 1.165) is 28.5 Å². The molecule has 1 aromatic carbocycles. The summed E-state index contributed by atoms with van der Waals surface area (Å²) in [6.07, 6.45) is 0. The van der Waals surface area contributed by atoms with Gasteiger partial charge < -0.3 is 9.47 Å². The first kappa shape index (κ1) is 15.1. The van der Waals surface area contributed by atoms with Gasteiger partial charge in [-0.25, -0.2) is 4.98 Å². The van der Waals surface area contributed by atoms with Crippen LogP contribution in [-0.4, -0.2) is 28.5 Å². The standard InChI is InChI=1S/C16H13N3O3S2/c1-9-11(7-24-19-9)15(20)18-16-17-12(8-23-16)10-2-3-13-14(6-10)22-5-4-21-13/h2-3,6-8H,4-5H2,1H3,(H,17,18,20). The molecule has 1 amide bonds. The van der Waals surface area contributed by atoms with Crippen LogP contribution in [0.2, 0.25) is 0 Å². The van der Waals surface area contributed by atoms with Gasteiger partial charge in [0.2, 0.25) is 0 Å². The Kier molecular flexibility index (Phi) is 3.91. The third-order valence-corrected chi connectivity index (χ3v) is 5.04. The predicted octanol–water partition coefficient (Wildman–Crippen LogP) is 3.60. The van der Waals surface area contributed by atoms with Crippen molar-refractivity contribution in [1.82, 2.24) is 9.36 Å².